The van der Waals surface area contributed by atoms with Gasteiger partial charge in [-0.15, -0.1) is 0 Å². The van der Waals surface area contributed by atoms with Gasteiger partial charge in [0.2, 0.25) is 0 Å². The predicted molar refractivity (Wildman–Crippen MR) is 133 cm³/mol. The molecule has 0 spiro atoms. The second-order valence-electron chi connectivity index (χ2n) is 7.74. The average Bonchev–Trinajstić information content (AvgIpc) is 2.85. The molecule has 36 heavy (non-hydrogen) atoms. The molecular formula is C24H22FN9O2. The molecule has 2 amide bonds. The van der Waals surface area contributed by atoms with E-state index in [4.69, 9.17) is 5.73 Å². The molecule has 0 fully saturated rings. The smallest absolute Gasteiger partial charge is 0.319 e. The highest BCUT2D eigenvalue weighted by atomic mass is 19.1. The van der Waals surface area contributed by atoms with Crippen LogP contribution >= 0.6 is 0 Å². The number of anilines is 3. The standard InChI is InChI=1S/C24H22FN9O2/c1-3-28-24(36)32-14-6-4-7-15(10-14)34-22(33-19-16(23(34)35)8-5-9-18(19)25)13(2)31-21-17(11-26)20(27)29-12-30-21/h4-10,12-13H,3H2,1-2H3,(H2,28,32,36)(H3,27,29,30,31). The topological polar surface area (TPSA) is 164 Å². The van der Waals surface area contributed by atoms with Gasteiger partial charge in [-0.1, -0.05) is 12.1 Å². The van der Waals surface area contributed by atoms with Crippen LogP contribution in [0.3, 0.4) is 0 Å². The molecule has 182 valence electrons. The van der Waals surface area contributed by atoms with Crippen LogP contribution in [-0.4, -0.2) is 32.1 Å². The fraction of sp³-hybridized carbons (Fsp3) is 0.167. The van der Waals surface area contributed by atoms with Gasteiger partial charge in [0.25, 0.3) is 5.56 Å². The van der Waals surface area contributed by atoms with Gasteiger partial charge in [0.15, 0.2) is 0 Å². The number of halogens is 1. The number of urea groups is 1. The van der Waals surface area contributed by atoms with Crippen molar-refractivity contribution in [2.45, 2.75) is 19.9 Å². The monoisotopic (exact) mass is 487 g/mol. The molecule has 2 aromatic carbocycles. The lowest BCUT2D eigenvalue weighted by atomic mass is 10.2. The second kappa shape index (κ2) is 10.1. The summed E-state index contributed by atoms with van der Waals surface area (Å²) in [6.07, 6.45) is 1.20. The highest BCUT2D eigenvalue weighted by molar-refractivity contribution is 5.89. The largest absolute Gasteiger partial charge is 0.382 e. The zero-order valence-corrected chi connectivity index (χ0v) is 19.4. The van der Waals surface area contributed by atoms with E-state index in [0.29, 0.717) is 17.9 Å². The van der Waals surface area contributed by atoms with Gasteiger partial charge in [0, 0.05) is 12.2 Å². The summed E-state index contributed by atoms with van der Waals surface area (Å²) in [6.45, 7) is 3.91. The number of fused-ring (bicyclic) bond motifs is 1. The summed E-state index contributed by atoms with van der Waals surface area (Å²) < 4.78 is 16.0. The van der Waals surface area contributed by atoms with Gasteiger partial charge in [-0.25, -0.2) is 24.1 Å². The molecular weight excluding hydrogens is 465 g/mol. The van der Waals surface area contributed by atoms with Crippen molar-refractivity contribution in [1.29, 1.82) is 5.26 Å². The number of nitrogens with zero attached hydrogens (tertiary/aromatic N) is 5. The second-order valence-corrected chi connectivity index (χ2v) is 7.74. The number of nitriles is 1. The van der Waals surface area contributed by atoms with Crippen molar-refractivity contribution < 1.29 is 9.18 Å². The number of hydrogen-bond donors (Lipinski definition) is 4. The van der Waals surface area contributed by atoms with Crippen molar-refractivity contribution >= 4 is 34.3 Å². The van der Waals surface area contributed by atoms with Crippen LogP contribution in [0, 0.1) is 17.1 Å². The van der Waals surface area contributed by atoms with Crippen LogP contribution in [0.25, 0.3) is 16.6 Å². The van der Waals surface area contributed by atoms with Crippen LogP contribution in [0.2, 0.25) is 0 Å². The number of nitrogens with one attached hydrogen (secondary N) is 3. The molecule has 0 aliphatic heterocycles. The lowest BCUT2D eigenvalue weighted by Crippen LogP contribution is -2.29. The van der Waals surface area contributed by atoms with E-state index < -0.39 is 23.4 Å². The maximum absolute atomic E-state index is 14.7. The molecule has 5 N–H and O–H groups in total. The maximum atomic E-state index is 14.7. The number of carbonyl (C=O) groups is 1. The number of hydrogen-bond acceptors (Lipinski definition) is 8. The third kappa shape index (κ3) is 4.62. The van der Waals surface area contributed by atoms with Crippen molar-refractivity contribution in [2.75, 3.05) is 22.9 Å². The SMILES string of the molecule is CCNC(=O)Nc1cccc(-n2c(C(C)Nc3ncnc(N)c3C#N)nc3c(F)cccc3c2=O)c1. The molecule has 0 saturated heterocycles. The van der Waals surface area contributed by atoms with E-state index in [-0.39, 0.29) is 33.9 Å². The Morgan fingerprint density at radius 1 is 1.25 bits per heavy atom. The van der Waals surface area contributed by atoms with E-state index in [2.05, 4.69) is 30.9 Å². The number of rotatable bonds is 6. The first-order chi connectivity index (χ1) is 17.3. The molecule has 0 aliphatic rings. The summed E-state index contributed by atoms with van der Waals surface area (Å²) in [6, 6.07) is 11.5. The van der Waals surface area contributed by atoms with Crippen LogP contribution in [0.5, 0.6) is 0 Å². The van der Waals surface area contributed by atoms with Crippen LogP contribution in [0.1, 0.15) is 31.3 Å². The van der Waals surface area contributed by atoms with Gasteiger partial charge in [-0.2, -0.15) is 5.26 Å². The number of carbonyl (C=O) groups excluding carboxylic acids is 1. The Labute approximate surface area is 204 Å². The molecule has 2 heterocycles. The van der Waals surface area contributed by atoms with Gasteiger partial charge in [-0.3, -0.25) is 9.36 Å². The molecule has 0 saturated carbocycles. The minimum Gasteiger partial charge on any atom is -0.382 e. The zero-order chi connectivity index (χ0) is 25.8. The number of nitrogen functional groups attached to an aromatic ring is 1. The summed E-state index contributed by atoms with van der Waals surface area (Å²) in [7, 11) is 0. The number of benzene rings is 2. The predicted octanol–water partition coefficient (Wildman–Crippen LogP) is 3.08. The molecule has 12 heteroatoms. The van der Waals surface area contributed by atoms with Crippen LogP contribution < -0.4 is 27.2 Å². The Morgan fingerprint density at radius 3 is 2.78 bits per heavy atom. The molecule has 11 nitrogen and oxygen atoms in total. The number of amides is 2. The molecule has 0 aliphatic carbocycles. The Balaban J connectivity index is 1.88. The summed E-state index contributed by atoms with van der Waals surface area (Å²) in [5.41, 5.74) is 6.03. The van der Waals surface area contributed by atoms with Crippen molar-refractivity contribution in [1.82, 2.24) is 24.8 Å². The first kappa shape index (κ1) is 24.1. The van der Waals surface area contributed by atoms with Gasteiger partial charge in [0.05, 0.1) is 17.1 Å². The molecule has 0 bridgehead atoms. The number of nitrogens with two attached hydrogens (primary N) is 1. The van der Waals surface area contributed by atoms with Gasteiger partial charge in [-0.05, 0) is 44.2 Å². The first-order valence-electron chi connectivity index (χ1n) is 11.0. The lowest BCUT2D eigenvalue weighted by molar-refractivity contribution is 0.252. The van der Waals surface area contributed by atoms with Crippen LogP contribution in [-0.2, 0) is 0 Å². The van der Waals surface area contributed by atoms with Crippen LogP contribution in [0.15, 0.2) is 53.6 Å². The Bertz CT molecular complexity index is 1560. The van der Waals surface area contributed by atoms with Crippen molar-refractivity contribution in [3.8, 4) is 11.8 Å². The van der Waals surface area contributed by atoms with Gasteiger partial charge in [0.1, 0.15) is 46.8 Å². The van der Waals surface area contributed by atoms with E-state index in [0.717, 1.165) is 0 Å². The highest BCUT2D eigenvalue weighted by Gasteiger charge is 2.21. The fourth-order valence-electron chi connectivity index (χ4n) is 3.68. The third-order valence-corrected chi connectivity index (χ3v) is 5.30. The zero-order valence-electron chi connectivity index (χ0n) is 19.4. The molecule has 1 atom stereocenters. The Morgan fingerprint density at radius 2 is 2.03 bits per heavy atom. The van der Waals surface area contributed by atoms with Gasteiger partial charge < -0.3 is 21.7 Å². The van der Waals surface area contributed by atoms with Crippen LogP contribution in [0.4, 0.5) is 26.5 Å². The third-order valence-electron chi connectivity index (χ3n) is 5.30. The van der Waals surface area contributed by atoms with E-state index in [1.165, 1.54) is 29.1 Å². The first-order valence-corrected chi connectivity index (χ1v) is 11.0. The highest BCUT2D eigenvalue weighted by Crippen LogP contribution is 2.25. The number of aromatic nitrogens is 4. The van der Waals surface area contributed by atoms with E-state index in [1.807, 2.05) is 6.07 Å². The Kier molecular flexibility index (Phi) is 6.73. The molecule has 4 aromatic rings. The minimum atomic E-state index is -0.733. The summed E-state index contributed by atoms with van der Waals surface area (Å²) in [5.74, 6) is -0.380. The molecule has 4 rings (SSSR count). The summed E-state index contributed by atoms with van der Waals surface area (Å²) in [5, 5.41) is 17.9. The van der Waals surface area contributed by atoms with E-state index in [1.54, 1.807) is 38.1 Å². The van der Waals surface area contributed by atoms with Crippen molar-refractivity contribution in [3.63, 3.8) is 0 Å². The number of para-hydroxylation sites is 1. The van der Waals surface area contributed by atoms with E-state index in [9.17, 15) is 19.2 Å². The molecule has 2 aromatic heterocycles. The summed E-state index contributed by atoms with van der Waals surface area (Å²) >= 11 is 0. The fourth-order valence-corrected chi connectivity index (χ4v) is 3.68. The van der Waals surface area contributed by atoms with Crippen molar-refractivity contribution in [3.05, 3.63) is 76.4 Å². The molecule has 0 radical (unpaired) electrons. The lowest BCUT2D eigenvalue weighted by Gasteiger charge is -2.21. The van der Waals surface area contributed by atoms with E-state index >= 15 is 0 Å². The quantitative estimate of drug-likeness (QED) is 0.322. The summed E-state index contributed by atoms with van der Waals surface area (Å²) in [4.78, 5) is 38.0. The minimum absolute atomic E-state index is 0.0127. The normalized spacial score (nSPS) is 11.5. The molecule has 1 unspecified atom stereocenters. The maximum Gasteiger partial charge on any atom is 0.319 e. The van der Waals surface area contributed by atoms with Gasteiger partial charge >= 0.3 is 6.03 Å². The average molecular weight is 487 g/mol. The van der Waals surface area contributed by atoms with Crippen molar-refractivity contribution in [2.24, 2.45) is 0 Å². The Hall–Kier alpha value is -5.05.